The van der Waals surface area contributed by atoms with Gasteiger partial charge < -0.3 is 14.3 Å². The first-order valence-electron chi connectivity index (χ1n) is 6.28. The molecule has 1 aromatic carbocycles. The summed E-state index contributed by atoms with van der Waals surface area (Å²) in [6, 6.07) is 9.70. The highest BCUT2D eigenvalue weighted by molar-refractivity contribution is 5.57. The molecule has 20 heavy (non-hydrogen) atoms. The van der Waals surface area contributed by atoms with Gasteiger partial charge in [0, 0.05) is 11.6 Å². The Bertz CT molecular complexity index is 717. The molecule has 6 heteroatoms. The molecule has 0 saturated carbocycles. The second-order valence-corrected chi connectivity index (χ2v) is 4.49. The lowest BCUT2D eigenvalue weighted by Crippen LogP contribution is -1.99. The fourth-order valence-corrected chi connectivity index (χ4v) is 1.86. The number of hydrogen-bond acceptors (Lipinski definition) is 6. The van der Waals surface area contributed by atoms with E-state index in [2.05, 4.69) is 20.7 Å². The van der Waals surface area contributed by atoms with Crippen molar-refractivity contribution in [2.75, 3.05) is 5.32 Å². The lowest BCUT2D eigenvalue weighted by atomic mass is 10.1. The molecule has 0 amide bonds. The monoisotopic (exact) mass is 270 g/mol. The first-order chi connectivity index (χ1) is 9.72. The molecule has 0 aliphatic heterocycles. The predicted octanol–water partition coefficient (Wildman–Crippen LogP) is 2.95. The van der Waals surface area contributed by atoms with Crippen LogP contribution >= 0.6 is 0 Å². The van der Waals surface area contributed by atoms with Gasteiger partial charge in [0.25, 0.3) is 0 Å². The standard InChI is InChI=1S/C14H14N4O2/c1-9-5-3-4-6-11(9)14-17-16-13(19-14)8-15-12-7-10(2)20-18-12/h3-7H,8H2,1-2H3,(H,15,18). The van der Waals surface area contributed by atoms with Crippen molar-refractivity contribution in [3.63, 3.8) is 0 Å². The Balaban J connectivity index is 1.72. The van der Waals surface area contributed by atoms with Gasteiger partial charge in [-0.25, -0.2) is 0 Å². The van der Waals surface area contributed by atoms with Crippen LogP contribution in [0.25, 0.3) is 11.5 Å². The van der Waals surface area contributed by atoms with Gasteiger partial charge in [-0.2, -0.15) is 0 Å². The van der Waals surface area contributed by atoms with Crippen LogP contribution < -0.4 is 5.32 Å². The van der Waals surface area contributed by atoms with Crippen molar-refractivity contribution in [1.82, 2.24) is 15.4 Å². The first-order valence-corrected chi connectivity index (χ1v) is 6.28. The molecule has 3 rings (SSSR count). The molecule has 0 spiro atoms. The van der Waals surface area contributed by atoms with Gasteiger partial charge in [-0.3, -0.25) is 0 Å². The minimum atomic E-state index is 0.408. The van der Waals surface area contributed by atoms with Crippen molar-refractivity contribution in [2.45, 2.75) is 20.4 Å². The van der Waals surface area contributed by atoms with Crippen LogP contribution in [0.1, 0.15) is 17.2 Å². The largest absolute Gasteiger partial charge is 0.419 e. The molecule has 3 aromatic rings. The van der Waals surface area contributed by atoms with Gasteiger partial charge in [0.2, 0.25) is 11.8 Å². The average Bonchev–Trinajstić information content (AvgIpc) is 3.06. The molecule has 2 aromatic heterocycles. The molecule has 0 radical (unpaired) electrons. The number of hydrogen-bond donors (Lipinski definition) is 1. The summed E-state index contributed by atoms with van der Waals surface area (Å²) in [5, 5.41) is 15.0. The third-order valence-corrected chi connectivity index (χ3v) is 2.89. The van der Waals surface area contributed by atoms with E-state index in [0.29, 0.717) is 24.1 Å². The number of rotatable bonds is 4. The SMILES string of the molecule is Cc1cc(NCc2nnc(-c3ccccc3C)o2)no1. The highest BCUT2D eigenvalue weighted by atomic mass is 16.5. The zero-order valence-corrected chi connectivity index (χ0v) is 11.3. The maximum atomic E-state index is 5.64. The van der Waals surface area contributed by atoms with Gasteiger partial charge in [0.15, 0.2) is 5.82 Å². The summed E-state index contributed by atoms with van der Waals surface area (Å²) in [7, 11) is 0. The summed E-state index contributed by atoms with van der Waals surface area (Å²) in [4.78, 5) is 0. The predicted molar refractivity (Wildman–Crippen MR) is 73.0 cm³/mol. The summed E-state index contributed by atoms with van der Waals surface area (Å²) in [5.74, 6) is 2.43. The van der Waals surface area contributed by atoms with Crippen molar-refractivity contribution in [3.05, 3.63) is 47.5 Å². The van der Waals surface area contributed by atoms with Gasteiger partial charge in [-0.1, -0.05) is 23.4 Å². The van der Waals surface area contributed by atoms with E-state index < -0.39 is 0 Å². The molecule has 0 unspecified atom stereocenters. The van der Waals surface area contributed by atoms with E-state index in [1.54, 1.807) is 6.07 Å². The van der Waals surface area contributed by atoms with Crippen LogP contribution in [0.15, 0.2) is 39.3 Å². The number of nitrogens with one attached hydrogen (secondary N) is 1. The van der Waals surface area contributed by atoms with Crippen LogP contribution in [-0.4, -0.2) is 15.4 Å². The number of anilines is 1. The zero-order chi connectivity index (χ0) is 13.9. The third kappa shape index (κ3) is 2.54. The lowest BCUT2D eigenvalue weighted by molar-refractivity contribution is 0.399. The number of benzene rings is 1. The second-order valence-electron chi connectivity index (χ2n) is 4.49. The normalized spacial score (nSPS) is 10.7. The summed E-state index contributed by atoms with van der Waals surface area (Å²) in [6.07, 6.45) is 0. The summed E-state index contributed by atoms with van der Waals surface area (Å²) in [5.41, 5.74) is 2.05. The highest BCUT2D eigenvalue weighted by Gasteiger charge is 2.10. The van der Waals surface area contributed by atoms with E-state index >= 15 is 0 Å². The van der Waals surface area contributed by atoms with E-state index in [-0.39, 0.29) is 0 Å². The smallest absolute Gasteiger partial charge is 0.248 e. The molecule has 102 valence electrons. The zero-order valence-electron chi connectivity index (χ0n) is 11.3. The molecular formula is C14H14N4O2. The molecule has 0 saturated heterocycles. The molecule has 1 N–H and O–H groups in total. The van der Waals surface area contributed by atoms with Gasteiger partial charge >= 0.3 is 0 Å². The Kier molecular flexibility index (Phi) is 3.20. The van der Waals surface area contributed by atoms with Gasteiger partial charge in [-0.05, 0) is 25.5 Å². The Morgan fingerprint density at radius 2 is 2.00 bits per heavy atom. The summed E-state index contributed by atoms with van der Waals surface area (Å²) >= 11 is 0. The van der Waals surface area contributed by atoms with E-state index in [4.69, 9.17) is 8.94 Å². The fourth-order valence-electron chi connectivity index (χ4n) is 1.86. The minimum absolute atomic E-state index is 0.408. The van der Waals surface area contributed by atoms with Gasteiger partial charge in [-0.15, -0.1) is 10.2 Å². The molecule has 0 bridgehead atoms. The third-order valence-electron chi connectivity index (χ3n) is 2.89. The van der Waals surface area contributed by atoms with E-state index in [1.165, 1.54) is 0 Å². The highest BCUT2D eigenvalue weighted by Crippen LogP contribution is 2.21. The maximum absolute atomic E-state index is 5.64. The Hall–Kier alpha value is -2.63. The topological polar surface area (TPSA) is 77.0 Å². The molecule has 6 nitrogen and oxygen atoms in total. The quantitative estimate of drug-likeness (QED) is 0.785. The molecule has 0 aliphatic carbocycles. The van der Waals surface area contributed by atoms with Crippen LogP contribution in [0.3, 0.4) is 0 Å². The number of aryl methyl sites for hydroxylation is 2. The molecule has 0 atom stereocenters. The molecule has 2 heterocycles. The van der Waals surface area contributed by atoms with Crippen molar-refractivity contribution in [1.29, 1.82) is 0 Å². The van der Waals surface area contributed by atoms with E-state index in [9.17, 15) is 0 Å². The van der Waals surface area contributed by atoms with Crippen molar-refractivity contribution < 1.29 is 8.94 Å². The van der Waals surface area contributed by atoms with Crippen LogP contribution in [0.2, 0.25) is 0 Å². The average molecular weight is 270 g/mol. The lowest BCUT2D eigenvalue weighted by Gasteiger charge is -1.99. The maximum Gasteiger partial charge on any atom is 0.248 e. The summed E-state index contributed by atoms with van der Waals surface area (Å²) in [6.45, 7) is 4.25. The minimum Gasteiger partial charge on any atom is -0.419 e. The Morgan fingerprint density at radius 3 is 2.75 bits per heavy atom. The molecule has 0 aliphatic rings. The van der Waals surface area contributed by atoms with E-state index in [1.807, 2.05) is 38.1 Å². The van der Waals surface area contributed by atoms with Crippen molar-refractivity contribution in [3.8, 4) is 11.5 Å². The summed E-state index contributed by atoms with van der Waals surface area (Å²) < 4.78 is 10.6. The van der Waals surface area contributed by atoms with Crippen LogP contribution in [-0.2, 0) is 6.54 Å². The Morgan fingerprint density at radius 1 is 1.15 bits per heavy atom. The van der Waals surface area contributed by atoms with Gasteiger partial charge in [0.05, 0.1) is 6.54 Å². The first kappa shape index (κ1) is 12.4. The second kappa shape index (κ2) is 5.16. The Labute approximate surface area is 115 Å². The van der Waals surface area contributed by atoms with Crippen molar-refractivity contribution >= 4 is 5.82 Å². The van der Waals surface area contributed by atoms with Crippen LogP contribution in [0.4, 0.5) is 5.82 Å². The molecule has 0 fully saturated rings. The van der Waals surface area contributed by atoms with Gasteiger partial charge in [0.1, 0.15) is 5.76 Å². The van der Waals surface area contributed by atoms with E-state index in [0.717, 1.165) is 16.9 Å². The fraction of sp³-hybridized carbons (Fsp3) is 0.214. The number of aromatic nitrogens is 3. The van der Waals surface area contributed by atoms with Crippen LogP contribution in [0, 0.1) is 13.8 Å². The molecular weight excluding hydrogens is 256 g/mol. The number of nitrogens with zero attached hydrogens (tertiary/aromatic N) is 3. The van der Waals surface area contributed by atoms with Crippen molar-refractivity contribution in [2.24, 2.45) is 0 Å². The van der Waals surface area contributed by atoms with Crippen LogP contribution in [0.5, 0.6) is 0 Å².